The molecule has 0 amide bonds. The van der Waals surface area contributed by atoms with Crippen LogP contribution >= 0.6 is 11.6 Å². The van der Waals surface area contributed by atoms with Gasteiger partial charge in [-0.25, -0.2) is 22.2 Å². The zero-order chi connectivity index (χ0) is 14.5. The second kappa shape index (κ2) is 4.66. The Bertz CT molecular complexity index is 788. The van der Waals surface area contributed by atoms with E-state index in [0.717, 1.165) is 12.1 Å². The summed E-state index contributed by atoms with van der Waals surface area (Å²) in [7, 11) is -3.11. The molecular weight excluding hydrogens is 310 g/mol. The van der Waals surface area contributed by atoms with Crippen LogP contribution in [0.1, 0.15) is 18.3 Å². The molecule has 20 heavy (non-hydrogen) atoms. The zero-order valence-corrected chi connectivity index (χ0v) is 11.9. The van der Waals surface area contributed by atoms with E-state index in [0.29, 0.717) is 12.2 Å². The Morgan fingerprint density at radius 2 is 2.15 bits per heavy atom. The second-order valence-electron chi connectivity index (χ2n) is 4.84. The molecule has 0 saturated carbocycles. The second-order valence-corrected chi connectivity index (χ2v) is 7.34. The normalized spacial score (nSPS) is 21.6. The molecule has 0 N–H and O–H groups in total. The summed E-state index contributed by atoms with van der Waals surface area (Å²) in [4.78, 5) is 4.06. The van der Waals surface area contributed by atoms with Crippen molar-refractivity contribution in [1.29, 1.82) is 0 Å². The van der Waals surface area contributed by atoms with Crippen LogP contribution in [0.25, 0.3) is 11.0 Å². The average molecular weight is 321 g/mol. The summed E-state index contributed by atoms with van der Waals surface area (Å²) >= 11 is 5.80. The van der Waals surface area contributed by atoms with Gasteiger partial charge in [-0.05, 0) is 12.5 Å². The minimum absolute atomic E-state index is 0.00624. The number of nitrogens with zero attached hydrogens (tertiary/aromatic N) is 2. The van der Waals surface area contributed by atoms with E-state index < -0.39 is 21.5 Å². The maximum Gasteiger partial charge on any atom is 0.153 e. The fourth-order valence-corrected chi connectivity index (χ4v) is 4.54. The van der Waals surface area contributed by atoms with Crippen LogP contribution in [0.15, 0.2) is 12.1 Å². The Labute approximate surface area is 119 Å². The van der Waals surface area contributed by atoms with Crippen LogP contribution in [0.5, 0.6) is 0 Å². The first-order chi connectivity index (χ1) is 9.41. The van der Waals surface area contributed by atoms with Gasteiger partial charge in [0, 0.05) is 6.07 Å². The first-order valence-electron chi connectivity index (χ1n) is 6.03. The van der Waals surface area contributed by atoms with Gasteiger partial charge in [-0.1, -0.05) is 0 Å². The highest BCUT2D eigenvalue weighted by Gasteiger charge is 2.32. The molecular formula is C12H11ClF2N2O2S. The van der Waals surface area contributed by atoms with Crippen LogP contribution in [0.2, 0.25) is 0 Å². The minimum atomic E-state index is -3.11. The smallest absolute Gasteiger partial charge is 0.153 e. The topological polar surface area (TPSA) is 52.0 Å². The van der Waals surface area contributed by atoms with Crippen LogP contribution in [0.4, 0.5) is 8.78 Å². The van der Waals surface area contributed by atoms with Crippen molar-refractivity contribution in [3.8, 4) is 0 Å². The van der Waals surface area contributed by atoms with E-state index in [4.69, 9.17) is 11.6 Å². The predicted octanol–water partition coefficient (Wildman–Crippen LogP) is 2.41. The average Bonchev–Trinajstić information content (AvgIpc) is 2.89. The van der Waals surface area contributed by atoms with Crippen molar-refractivity contribution in [3.05, 3.63) is 29.6 Å². The van der Waals surface area contributed by atoms with Gasteiger partial charge in [-0.15, -0.1) is 11.6 Å². The summed E-state index contributed by atoms with van der Waals surface area (Å²) in [6, 6.07) is 1.54. The third-order valence-corrected chi connectivity index (χ3v) is 5.47. The molecule has 1 atom stereocenters. The summed E-state index contributed by atoms with van der Waals surface area (Å²) in [6.07, 6.45) is 0.399. The summed E-state index contributed by atoms with van der Waals surface area (Å²) < 4.78 is 51.9. The van der Waals surface area contributed by atoms with Gasteiger partial charge in [0.05, 0.1) is 28.9 Å². The monoisotopic (exact) mass is 320 g/mol. The van der Waals surface area contributed by atoms with Gasteiger partial charge in [0.2, 0.25) is 0 Å². The van der Waals surface area contributed by atoms with E-state index in [2.05, 4.69) is 4.98 Å². The molecule has 3 rings (SSSR count). The molecule has 0 spiro atoms. The lowest BCUT2D eigenvalue weighted by molar-refractivity contribution is 0.551. The van der Waals surface area contributed by atoms with Gasteiger partial charge in [-0.3, -0.25) is 0 Å². The fraction of sp³-hybridized carbons (Fsp3) is 0.417. The maximum absolute atomic E-state index is 13.7. The zero-order valence-electron chi connectivity index (χ0n) is 10.3. The van der Waals surface area contributed by atoms with E-state index in [9.17, 15) is 17.2 Å². The van der Waals surface area contributed by atoms with Crippen molar-refractivity contribution >= 4 is 32.5 Å². The van der Waals surface area contributed by atoms with Crippen LogP contribution in [0, 0.1) is 11.6 Å². The van der Waals surface area contributed by atoms with Gasteiger partial charge in [0.25, 0.3) is 0 Å². The number of hydrogen-bond donors (Lipinski definition) is 0. The van der Waals surface area contributed by atoms with Crippen LogP contribution < -0.4 is 0 Å². The molecule has 2 heterocycles. The van der Waals surface area contributed by atoms with Gasteiger partial charge in [0.15, 0.2) is 15.7 Å². The maximum atomic E-state index is 13.7. The Morgan fingerprint density at radius 3 is 2.75 bits per heavy atom. The molecule has 1 saturated heterocycles. The van der Waals surface area contributed by atoms with Crippen molar-refractivity contribution in [2.24, 2.45) is 0 Å². The lowest BCUT2D eigenvalue weighted by atomic mass is 10.2. The largest absolute Gasteiger partial charge is 0.323 e. The van der Waals surface area contributed by atoms with E-state index in [1.165, 1.54) is 0 Å². The molecule has 1 aromatic heterocycles. The highest BCUT2D eigenvalue weighted by atomic mass is 35.5. The van der Waals surface area contributed by atoms with Gasteiger partial charge in [-0.2, -0.15) is 0 Å². The summed E-state index contributed by atoms with van der Waals surface area (Å²) in [5.41, 5.74) is 0.270. The molecule has 1 aromatic carbocycles. The molecule has 2 aromatic rings. The van der Waals surface area contributed by atoms with Crippen molar-refractivity contribution < 1.29 is 17.2 Å². The SMILES string of the molecule is O=S1(=O)CCC(n2c(CCl)nc3c(F)cc(F)cc32)C1. The quantitative estimate of drug-likeness (QED) is 0.798. The fourth-order valence-electron chi connectivity index (χ4n) is 2.65. The standard InChI is InChI=1S/C12H11ClF2N2O2S/c13-5-11-16-12-9(15)3-7(14)4-10(12)17(11)8-1-2-20(18,19)6-8/h3-4,8H,1-2,5-6H2. The van der Waals surface area contributed by atoms with E-state index >= 15 is 0 Å². The predicted molar refractivity (Wildman–Crippen MR) is 71.5 cm³/mol. The van der Waals surface area contributed by atoms with Crippen molar-refractivity contribution in [3.63, 3.8) is 0 Å². The van der Waals surface area contributed by atoms with Gasteiger partial charge >= 0.3 is 0 Å². The number of fused-ring (bicyclic) bond motifs is 1. The van der Waals surface area contributed by atoms with Gasteiger partial charge in [0.1, 0.15) is 17.2 Å². The molecule has 0 bridgehead atoms. The molecule has 0 radical (unpaired) electrons. The summed E-state index contributed by atoms with van der Waals surface area (Å²) in [5, 5.41) is 0. The first kappa shape index (κ1) is 13.8. The highest BCUT2D eigenvalue weighted by Crippen LogP contribution is 2.31. The highest BCUT2D eigenvalue weighted by molar-refractivity contribution is 7.91. The van der Waals surface area contributed by atoms with Crippen LogP contribution in [0.3, 0.4) is 0 Å². The number of imidazole rings is 1. The number of sulfone groups is 1. The Morgan fingerprint density at radius 1 is 1.40 bits per heavy atom. The summed E-state index contributed by atoms with van der Waals surface area (Å²) in [6.45, 7) is 0. The number of aromatic nitrogens is 2. The minimum Gasteiger partial charge on any atom is -0.323 e. The molecule has 1 unspecified atom stereocenters. The van der Waals surface area contributed by atoms with Crippen molar-refractivity contribution in [2.75, 3.05) is 11.5 Å². The van der Waals surface area contributed by atoms with Crippen LogP contribution in [-0.4, -0.2) is 29.5 Å². The first-order valence-corrected chi connectivity index (χ1v) is 8.39. The number of halogens is 3. The molecule has 4 nitrogen and oxygen atoms in total. The number of alkyl halides is 1. The van der Waals surface area contributed by atoms with Gasteiger partial charge < -0.3 is 4.57 Å². The Hall–Kier alpha value is -1.21. The Balaban J connectivity index is 2.23. The molecule has 8 heteroatoms. The van der Waals surface area contributed by atoms with E-state index in [1.807, 2.05) is 0 Å². The molecule has 1 aliphatic rings. The third-order valence-electron chi connectivity index (χ3n) is 3.48. The number of rotatable bonds is 2. The third kappa shape index (κ3) is 2.18. The molecule has 108 valence electrons. The van der Waals surface area contributed by atoms with Crippen LogP contribution in [-0.2, 0) is 15.7 Å². The van der Waals surface area contributed by atoms with E-state index in [-0.39, 0.29) is 34.5 Å². The van der Waals surface area contributed by atoms with E-state index in [1.54, 1.807) is 4.57 Å². The molecule has 1 fully saturated rings. The lowest BCUT2D eigenvalue weighted by Crippen LogP contribution is -2.13. The molecule has 0 aliphatic carbocycles. The van der Waals surface area contributed by atoms with Crippen molar-refractivity contribution in [2.45, 2.75) is 18.3 Å². The Kier molecular flexibility index (Phi) is 3.21. The van der Waals surface area contributed by atoms with Crippen molar-refractivity contribution in [1.82, 2.24) is 9.55 Å². The lowest BCUT2D eigenvalue weighted by Gasteiger charge is -2.14. The number of hydrogen-bond acceptors (Lipinski definition) is 3. The number of benzene rings is 1. The molecule has 1 aliphatic heterocycles. The summed E-state index contributed by atoms with van der Waals surface area (Å²) in [5.74, 6) is -1.12.